The molecule has 0 atom stereocenters. The van der Waals surface area contributed by atoms with Crippen LogP contribution in [0.1, 0.15) is 18.1 Å². The molecule has 1 aromatic heterocycles. The summed E-state index contributed by atoms with van der Waals surface area (Å²) in [5.74, 6) is 1.60. The molecule has 1 heterocycles. The highest BCUT2D eigenvalue weighted by Gasteiger charge is 2.09. The minimum atomic E-state index is 0.663. The van der Waals surface area contributed by atoms with Gasteiger partial charge in [-0.25, -0.2) is 4.98 Å². The number of anilines is 2. The SMILES string of the molecule is CCNc1ncc(C)c(N(C)Cc2ccc(Cl)cc2)n1. The molecule has 0 aliphatic rings. The average Bonchev–Trinajstić information content (AvgIpc) is 2.43. The van der Waals surface area contributed by atoms with Gasteiger partial charge in [0.05, 0.1) is 0 Å². The quantitative estimate of drug-likeness (QED) is 0.915. The first-order valence-electron chi connectivity index (χ1n) is 6.63. The molecule has 0 bridgehead atoms. The molecule has 0 aliphatic carbocycles. The normalized spacial score (nSPS) is 10.4. The van der Waals surface area contributed by atoms with Crippen LogP contribution in [0.2, 0.25) is 5.02 Å². The highest BCUT2D eigenvalue weighted by atomic mass is 35.5. The molecule has 0 saturated heterocycles. The number of benzene rings is 1. The van der Waals surface area contributed by atoms with Gasteiger partial charge in [0.1, 0.15) is 5.82 Å². The van der Waals surface area contributed by atoms with Gasteiger partial charge < -0.3 is 10.2 Å². The summed E-state index contributed by atoms with van der Waals surface area (Å²) in [6, 6.07) is 7.87. The fourth-order valence-electron chi connectivity index (χ4n) is 2.00. The number of halogens is 1. The van der Waals surface area contributed by atoms with Crippen LogP contribution in [0.15, 0.2) is 30.5 Å². The zero-order chi connectivity index (χ0) is 14.5. The third kappa shape index (κ3) is 3.61. The molecular weight excluding hydrogens is 272 g/mol. The van der Waals surface area contributed by atoms with Crippen LogP contribution in [0.25, 0.3) is 0 Å². The fourth-order valence-corrected chi connectivity index (χ4v) is 2.13. The maximum absolute atomic E-state index is 5.90. The van der Waals surface area contributed by atoms with Crippen molar-refractivity contribution in [2.24, 2.45) is 0 Å². The van der Waals surface area contributed by atoms with Crippen molar-refractivity contribution >= 4 is 23.4 Å². The second-order valence-electron chi connectivity index (χ2n) is 4.71. The molecule has 0 fully saturated rings. The molecule has 1 aromatic carbocycles. The van der Waals surface area contributed by atoms with E-state index in [1.165, 1.54) is 5.56 Å². The van der Waals surface area contributed by atoms with Gasteiger partial charge in [-0.1, -0.05) is 23.7 Å². The van der Waals surface area contributed by atoms with Crippen LogP contribution in [-0.4, -0.2) is 23.6 Å². The molecule has 2 aromatic rings. The Hall–Kier alpha value is -1.81. The summed E-state index contributed by atoms with van der Waals surface area (Å²) in [6.45, 7) is 5.63. The first-order valence-corrected chi connectivity index (χ1v) is 7.01. The lowest BCUT2D eigenvalue weighted by Gasteiger charge is -2.20. The summed E-state index contributed by atoms with van der Waals surface area (Å²) < 4.78 is 0. The summed E-state index contributed by atoms with van der Waals surface area (Å²) in [7, 11) is 2.03. The Morgan fingerprint density at radius 2 is 1.95 bits per heavy atom. The van der Waals surface area contributed by atoms with Crippen molar-refractivity contribution in [2.75, 3.05) is 23.8 Å². The van der Waals surface area contributed by atoms with Gasteiger partial charge in [0, 0.05) is 36.9 Å². The largest absolute Gasteiger partial charge is 0.355 e. The minimum Gasteiger partial charge on any atom is -0.355 e. The summed E-state index contributed by atoms with van der Waals surface area (Å²) in [5.41, 5.74) is 2.25. The topological polar surface area (TPSA) is 41.1 Å². The van der Waals surface area contributed by atoms with Crippen LogP contribution >= 0.6 is 11.6 Å². The van der Waals surface area contributed by atoms with Gasteiger partial charge in [0.25, 0.3) is 0 Å². The van der Waals surface area contributed by atoms with Crippen LogP contribution in [0, 0.1) is 6.92 Å². The Balaban J connectivity index is 2.17. The zero-order valence-corrected chi connectivity index (χ0v) is 12.8. The molecular formula is C15H19ClN4. The standard InChI is InChI=1S/C15H19ClN4/c1-4-17-15-18-9-11(2)14(19-15)20(3)10-12-5-7-13(16)8-6-12/h5-9H,4,10H2,1-3H3,(H,17,18,19). The van der Waals surface area contributed by atoms with Crippen molar-refractivity contribution in [3.05, 3.63) is 46.6 Å². The average molecular weight is 291 g/mol. The van der Waals surface area contributed by atoms with Crippen LogP contribution in [0.3, 0.4) is 0 Å². The van der Waals surface area contributed by atoms with Crippen molar-refractivity contribution in [3.8, 4) is 0 Å². The van der Waals surface area contributed by atoms with E-state index in [1.807, 2.05) is 51.4 Å². The molecule has 20 heavy (non-hydrogen) atoms. The van der Waals surface area contributed by atoms with Crippen molar-refractivity contribution in [2.45, 2.75) is 20.4 Å². The minimum absolute atomic E-state index is 0.663. The molecule has 0 unspecified atom stereocenters. The molecule has 0 spiro atoms. The lowest BCUT2D eigenvalue weighted by atomic mass is 10.2. The van der Waals surface area contributed by atoms with Crippen molar-refractivity contribution in [1.82, 2.24) is 9.97 Å². The number of hydrogen-bond donors (Lipinski definition) is 1. The predicted octanol–water partition coefficient (Wildman–Crippen LogP) is 3.51. The second kappa shape index (κ2) is 6.57. The third-order valence-corrected chi connectivity index (χ3v) is 3.23. The van der Waals surface area contributed by atoms with Crippen molar-refractivity contribution in [3.63, 3.8) is 0 Å². The van der Waals surface area contributed by atoms with E-state index < -0.39 is 0 Å². The molecule has 0 amide bonds. The van der Waals surface area contributed by atoms with Gasteiger partial charge in [0.2, 0.25) is 5.95 Å². The fraction of sp³-hybridized carbons (Fsp3) is 0.333. The van der Waals surface area contributed by atoms with Crippen LogP contribution in [-0.2, 0) is 6.54 Å². The van der Waals surface area contributed by atoms with E-state index in [0.29, 0.717) is 5.95 Å². The molecule has 0 radical (unpaired) electrons. The first-order chi connectivity index (χ1) is 9.60. The van der Waals surface area contributed by atoms with Gasteiger partial charge in [0.15, 0.2) is 0 Å². The summed E-state index contributed by atoms with van der Waals surface area (Å²) in [6.07, 6.45) is 1.85. The Morgan fingerprint density at radius 3 is 2.60 bits per heavy atom. The smallest absolute Gasteiger partial charge is 0.224 e. The van der Waals surface area contributed by atoms with Gasteiger partial charge in [-0.05, 0) is 31.5 Å². The van der Waals surface area contributed by atoms with Crippen LogP contribution in [0.4, 0.5) is 11.8 Å². The van der Waals surface area contributed by atoms with E-state index in [1.54, 1.807) is 0 Å². The number of nitrogens with zero attached hydrogens (tertiary/aromatic N) is 3. The Kier molecular flexibility index (Phi) is 4.79. The molecule has 106 valence electrons. The summed E-state index contributed by atoms with van der Waals surface area (Å²) in [5, 5.41) is 3.89. The lowest BCUT2D eigenvalue weighted by molar-refractivity contribution is 0.881. The number of rotatable bonds is 5. The monoisotopic (exact) mass is 290 g/mol. The van der Waals surface area contributed by atoms with Crippen molar-refractivity contribution in [1.29, 1.82) is 0 Å². The number of aryl methyl sites for hydroxylation is 1. The molecule has 0 saturated carbocycles. The summed E-state index contributed by atoms with van der Waals surface area (Å²) in [4.78, 5) is 10.9. The van der Waals surface area contributed by atoms with Crippen LogP contribution < -0.4 is 10.2 Å². The first kappa shape index (κ1) is 14.6. The lowest BCUT2D eigenvalue weighted by Crippen LogP contribution is -2.20. The van der Waals surface area contributed by atoms with Gasteiger partial charge in [-0.2, -0.15) is 4.98 Å². The Morgan fingerprint density at radius 1 is 1.25 bits per heavy atom. The van der Waals surface area contributed by atoms with Crippen LogP contribution in [0.5, 0.6) is 0 Å². The van der Waals surface area contributed by atoms with E-state index in [4.69, 9.17) is 11.6 Å². The van der Waals surface area contributed by atoms with Crippen molar-refractivity contribution < 1.29 is 0 Å². The maximum Gasteiger partial charge on any atom is 0.224 e. The van der Waals surface area contributed by atoms with Gasteiger partial charge in [-0.15, -0.1) is 0 Å². The summed E-state index contributed by atoms with van der Waals surface area (Å²) >= 11 is 5.90. The van der Waals surface area contributed by atoms with E-state index in [0.717, 1.165) is 29.5 Å². The molecule has 4 nitrogen and oxygen atoms in total. The Labute approximate surface area is 124 Å². The predicted molar refractivity (Wildman–Crippen MR) is 84.5 cm³/mol. The van der Waals surface area contributed by atoms with E-state index in [9.17, 15) is 0 Å². The number of aromatic nitrogens is 2. The van der Waals surface area contributed by atoms with E-state index in [-0.39, 0.29) is 0 Å². The van der Waals surface area contributed by atoms with E-state index >= 15 is 0 Å². The molecule has 5 heteroatoms. The maximum atomic E-state index is 5.90. The number of hydrogen-bond acceptors (Lipinski definition) is 4. The number of nitrogens with one attached hydrogen (secondary N) is 1. The van der Waals surface area contributed by atoms with Gasteiger partial charge >= 0.3 is 0 Å². The highest BCUT2D eigenvalue weighted by Crippen LogP contribution is 2.19. The third-order valence-electron chi connectivity index (χ3n) is 2.97. The molecule has 0 aliphatic heterocycles. The zero-order valence-electron chi connectivity index (χ0n) is 12.0. The molecule has 1 N–H and O–H groups in total. The highest BCUT2D eigenvalue weighted by molar-refractivity contribution is 6.30. The van der Waals surface area contributed by atoms with E-state index in [2.05, 4.69) is 20.2 Å². The Bertz CT molecular complexity index is 569. The molecule has 2 rings (SSSR count). The second-order valence-corrected chi connectivity index (χ2v) is 5.15. The van der Waals surface area contributed by atoms with Gasteiger partial charge in [-0.3, -0.25) is 0 Å².